The molecule has 0 spiro atoms. The van der Waals surface area contributed by atoms with Gasteiger partial charge in [-0.05, 0) is 18.9 Å². The highest BCUT2D eigenvalue weighted by molar-refractivity contribution is 5.80. The number of carbonyl (C=O) groups is 1. The normalized spacial score (nSPS) is 36.9. The zero-order valence-corrected chi connectivity index (χ0v) is 11.3. The van der Waals surface area contributed by atoms with Crippen LogP contribution in [0.2, 0.25) is 0 Å². The highest BCUT2D eigenvalue weighted by Crippen LogP contribution is 2.22. The number of likely N-dealkylation sites (tertiary alicyclic amines) is 1. The molecule has 104 valence electrons. The molecule has 2 aliphatic rings. The van der Waals surface area contributed by atoms with Crippen molar-refractivity contribution in [1.82, 2.24) is 10.2 Å². The molecule has 0 aromatic heterocycles. The number of amides is 1. The summed E-state index contributed by atoms with van der Waals surface area (Å²) in [5.41, 5.74) is 0. The number of aliphatic hydroxyl groups is 1. The number of rotatable bonds is 3. The molecule has 5 nitrogen and oxygen atoms in total. The SMILES string of the molecule is CCNC1COCC1C(=O)N1CCC(C)C(O)C1. The molecule has 0 bridgehead atoms. The molecule has 0 radical (unpaired) electrons. The molecule has 2 fully saturated rings. The minimum Gasteiger partial charge on any atom is -0.391 e. The Labute approximate surface area is 108 Å². The minimum absolute atomic E-state index is 0.0921. The molecule has 5 heteroatoms. The molecule has 2 heterocycles. The van der Waals surface area contributed by atoms with E-state index in [0.717, 1.165) is 19.5 Å². The van der Waals surface area contributed by atoms with E-state index in [2.05, 4.69) is 5.32 Å². The Morgan fingerprint density at radius 3 is 2.94 bits per heavy atom. The van der Waals surface area contributed by atoms with Gasteiger partial charge in [-0.2, -0.15) is 0 Å². The van der Waals surface area contributed by atoms with E-state index in [1.165, 1.54) is 0 Å². The number of β-amino-alcohol motifs (C(OH)–C–C–N with tert-alkyl or cyclic N) is 1. The monoisotopic (exact) mass is 256 g/mol. The first-order valence-electron chi connectivity index (χ1n) is 6.91. The van der Waals surface area contributed by atoms with Gasteiger partial charge in [0.1, 0.15) is 0 Å². The third-order valence-corrected chi connectivity index (χ3v) is 4.09. The summed E-state index contributed by atoms with van der Waals surface area (Å²) < 4.78 is 5.41. The zero-order chi connectivity index (χ0) is 13.1. The standard InChI is InChI=1S/C13H24N2O3/c1-3-14-11-8-18-7-10(11)13(17)15-5-4-9(2)12(16)6-15/h9-12,14,16H,3-8H2,1-2H3. The van der Waals surface area contributed by atoms with Crippen LogP contribution in [0, 0.1) is 11.8 Å². The number of aliphatic hydroxyl groups excluding tert-OH is 1. The second-order valence-corrected chi connectivity index (χ2v) is 5.43. The minimum atomic E-state index is -0.386. The van der Waals surface area contributed by atoms with Crippen molar-refractivity contribution < 1.29 is 14.6 Å². The highest BCUT2D eigenvalue weighted by Gasteiger charge is 2.38. The number of hydrogen-bond donors (Lipinski definition) is 2. The van der Waals surface area contributed by atoms with Gasteiger partial charge in [-0.25, -0.2) is 0 Å². The van der Waals surface area contributed by atoms with Gasteiger partial charge in [-0.3, -0.25) is 4.79 Å². The van der Waals surface area contributed by atoms with E-state index in [1.54, 1.807) is 4.90 Å². The Kier molecular flexibility index (Phi) is 4.59. The van der Waals surface area contributed by atoms with Gasteiger partial charge in [0, 0.05) is 19.1 Å². The molecule has 0 aromatic rings. The van der Waals surface area contributed by atoms with Crippen molar-refractivity contribution in [3.05, 3.63) is 0 Å². The lowest BCUT2D eigenvalue weighted by molar-refractivity contribution is -0.140. The number of nitrogens with zero attached hydrogens (tertiary/aromatic N) is 1. The fourth-order valence-electron chi connectivity index (χ4n) is 2.74. The molecule has 1 amide bonds. The quantitative estimate of drug-likeness (QED) is 0.736. The Balaban J connectivity index is 1.94. The maximum atomic E-state index is 12.4. The predicted octanol–water partition coefficient (Wildman–Crippen LogP) is -0.160. The highest BCUT2D eigenvalue weighted by atomic mass is 16.5. The summed E-state index contributed by atoms with van der Waals surface area (Å²) in [4.78, 5) is 14.2. The first kappa shape index (κ1) is 13.8. The smallest absolute Gasteiger partial charge is 0.229 e. The van der Waals surface area contributed by atoms with Crippen molar-refractivity contribution >= 4 is 5.91 Å². The first-order valence-corrected chi connectivity index (χ1v) is 6.91. The van der Waals surface area contributed by atoms with Crippen molar-refractivity contribution in [3.8, 4) is 0 Å². The summed E-state index contributed by atoms with van der Waals surface area (Å²) in [6.07, 6.45) is 0.495. The van der Waals surface area contributed by atoms with Gasteiger partial charge in [-0.15, -0.1) is 0 Å². The van der Waals surface area contributed by atoms with Gasteiger partial charge < -0.3 is 20.1 Å². The molecular weight excluding hydrogens is 232 g/mol. The second-order valence-electron chi connectivity index (χ2n) is 5.43. The summed E-state index contributed by atoms with van der Waals surface area (Å²) in [6, 6.07) is 0.124. The van der Waals surface area contributed by atoms with Gasteiger partial charge in [0.2, 0.25) is 5.91 Å². The first-order chi connectivity index (χ1) is 8.63. The molecular formula is C13H24N2O3. The molecule has 0 saturated carbocycles. The predicted molar refractivity (Wildman–Crippen MR) is 68.1 cm³/mol. The van der Waals surface area contributed by atoms with E-state index >= 15 is 0 Å². The van der Waals surface area contributed by atoms with Crippen LogP contribution >= 0.6 is 0 Å². The van der Waals surface area contributed by atoms with Gasteiger partial charge >= 0.3 is 0 Å². The Hall–Kier alpha value is -0.650. The van der Waals surface area contributed by atoms with Crippen LogP contribution in [0.5, 0.6) is 0 Å². The lowest BCUT2D eigenvalue weighted by Crippen LogP contribution is -2.51. The number of hydrogen-bond acceptors (Lipinski definition) is 4. The van der Waals surface area contributed by atoms with Crippen LogP contribution in [0.25, 0.3) is 0 Å². The summed E-state index contributed by atoms with van der Waals surface area (Å²) >= 11 is 0. The van der Waals surface area contributed by atoms with Crippen LogP contribution in [-0.2, 0) is 9.53 Å². The fourth-order valence-corrected chi connectivity index (χ4v) is 2.74. The van der Waals surface area contributed by atoms with Crippen LogP contribution in [0.1, 0.15) is 20.3 Å². The second kappa shape index (κ2) is 5.99. The van der Waals surface area contributed by atoms with Crippen LogP contribution in [-0.4, -0.2) is 60.9 Å². The third-order valence-electron chi connectivity index (χ3n) is 4.09. The Morgan fingerprint density at radius 1 is 1.50 bits per heavy atom. The fraction of sp³-hybridized carbons (Fsp3) is 0.923. The zero-order valence-electron chi connectivity index (χ0n) is 11.3. The largest absolute Gasteiger partial charge is 0.391 e. The molecule has 2 saturated heterocycles. The molecule has 2 N–H and O–H groups in total. The van der Waals surface area contributed by atoms with Gasteiger partial charge in [0.25, 0.3) is 0 Å². The van der Waals surface area contributed by atoms with Crippen LogP contribution in [0.4, 0.5) is 0 Å². The van der Waals surface area contributed by atoms with E-state index in [9.17, 15) is 9.90 Å². The van der Waals surface area contributed by atoms with Crippen molar-refractivity contribution in [2.75, 3.05) is 32.8 Å². The number of piperidine rings is 1. The van der Waals surface area contributed by atoms with Crippen LogP contribution < -0.4 is 5.32 Å². The Morgan fingerprint density at radius 2 is 2.28 bits per heavy atom. The number of carbonyl (C=O) groups excluding carboxylic acids is 1. The summed E-state index contributed by atoms with van der Waals surface area (Å²) in [6.45, 7) is 7.24. The lowest BCUT2D eigenvalue weighted by atomic mass is 9.94. The van der Waals surface area contributed by atoms with Crippen molar-refractivity contribution in [2.24, 2.45) is 11.8 Å². The van der Waals surface area contributed by atoms with Gasteiger partial charge in [0.05, 0.1) is 25.2 Å². The molecule has 4 unspecified atom stereocenters. The number of likely N-dealkylation sites (N-methyl/N-ethyl adjacent to an activating group) is 1. The van der Waals surface area contributed by atoms with E-state index in [-0.39, 0.29) is 24.0 Å². The van der Waals surface area contributed by atoms with Gasteiger partial charge in [0.15, 0.2) is 0 Å². The van der Waals surface area contributed by atoms with E-state index in [1.807, 2.05) is 13.8 Å². The van der Waals surface area contributed by atoms with E-state index in [4.69, 9.17) is 4.74 Å². The summed E-state index contributed by atoms with van der Waals surface area (Å²) in [7, 11) is 0. The van der Waals surface area contributed by atoms with Crippen LogP contribution in [0.15, 0.2) is 0 Å². The van der Waals surface area contributed by atoms with Crippen molar-refractivity contribution in [1.29, 1.82) is 0 Å². The molecule has 2 rings (SSSR count). The van der Waals surface area contributed by atoms with Crippen LogP contribution in [0.3, 0.4) is 0 Å². The third kappa shape index (κ3) is 2.84. The molecule has 0 aromatic carbocycles. The number of nitrogens with one attached hydrogen (secondary N) is 1. The number of ether oxygens (including phenoxy) is 1. The molecule has 4 atom stereocenters. The lowest BCUT2D eigenvalue weighted by Gasteiger charge is -2.36. The topological polar surface area (TPSA) is 61.8 Å². The van der Waals surface area contributed by atoms with Gasteiger partial charge in [-0.1, -0.05) is 13.8 Å². The summed E-state index contributed by atoms with van der Waals surface area (Å²) in [5.74, 6) is 0.327. The summed E-state index contributed by atoms with van der Waals surface area (Å²) in [5, 5.41) is 13.2. The van der Waals surface area contributed by atoms with E-state index < -0.39 is 0 Å². The van der Waals surface area contributed by atoms with E-state index in [0.29, 0.717) is 25.7 Å². The Bertz CT molecular complexity index is 298. The van der Waals surface area contributed by atoms with Crippen molar-refractivity contribution in [2.45, 2.75) is 32.4 Å². The molecule has 2 aliphatic heterocycles. The average molecular weight is 256 g/mol. The van der Waals surface area contributed by atoms with Crippen molar-refractivity contribution in [3.63, 3.8) is 0 Å². The molecule has 0 aliphatic carbocycles. The average Bonchev–Trinajstić information content (AvgIpc) is 2.80. The maximum Gasteiger partial charge on any atom is 0.229 e. The maximum absolute atomic E-state index is 12.4. The molecule has 18 heavy (non-hydrogen) atoms.